The number of piperidine rings is 1. The Bertz CT molecular complexity index is 549. The highest BCUT2D eigenvalue weighted by molar-refractivity contribution is 5.74. The summed E-state index contributed by atoms with van der Waals surface area (Å²) in [5.41, 5.74) is 2.39. The molecule has 2 amide bonds. The van der Waals surface area contributed by atoms with E-state index < -0.39 is 0 Å². The Labute approximate surface area is 140 Å². The van der Waals surface area contributed by atoms with E-state index in [4.69, 9.17) is 4.74 Å². The molecule has 4 nitrogen and oxygen atoms in total. The first-order chi connectivity index (χ1) is 10.8. The summed E-state index contributed by atoms with van der Waals surface area (Å²) in [5.74, 6) is 1.43. The zero-order valence-electron chi connectivity index (χ0n) is 15.1. The molecule has 1 aromatic rings. The molecule has 128 valence electrons. The number of hydrogen-bond donors (Lipinski definition) is 1. The van der Waals surface area contributed by atoms with Crippen molar-refractivity contribution in [3.8, 4) is 5.75 Å². The van der Waals surface area contributed by atoms with E-state index in [-0.39, 0.29) is 18.2 Å². The van der Waals surface area contributed by atoms with Crippen molar-refractivity contribution < 1.29 is 9.53 Å². The first-order valence-corrected chi connectivity index (χ1v) is 8.54. The summed E-state index contributed by atoms with van der Waals surface area (Å²) in [6.07, 6.45) is 2.29. The van der Waals surface area contributed by atoms with Crippen molar-refractivity contribution in [3.05, 3.63) is 29.3 Å². The highest BCUT2D eigenvalue weighted by Gasteiger charge is 2.22. The molecule has 23 heavy (non-hydrogen) atoms. The average Bonchev–Trinajstić information content (AvgIpc) is 2.47. The van der Waals surface area contributed by atoms with Gasteiger partial charge in [-0.2, -0.15) is 0 Å². The van der Waals surface area contributed by atoms with E-state index in [1.54, 1.807) is 0 Å². The normalized spacial score (nSPS) is 18.7. The molecule has 0 aliphatic carbocycles. The monoisotopic (exact) mass is 318 g/mol. The molecule has 0 bridgehead atoms. The summed E-state index contributed by atoms with van der Waals surface area (Å²) in [4.78, 5) is 14.1. The Hall–Kier alpha value is -1.71. The summed E-state index contributed by atoms with van der Waals surface area (Å²) < 4.78 is 5.85. The maximum Gasteiger partial charge on any atom is 0.320 e. The summed E-state index contributed by atoms with van der Waals surface area (Å²) in [7, 11) is 0. The minimum atomic E-state index is -0.0269. The van der Waals surface area contributed by atoms with Crippen molar-refractivity contribution in [2.75, 3.05) is 19.8 Å². The van der Waals surface area contributed by atoms with Crippen LogP contribution >= 0.6 is 0 Å². The number of carbonyl (C=O) groups excluding carboxylic acids is 1. The molecule has 1 aromatic carbocycles. The van der Waals surface area contributed by atoms with Crippen molar-refractivity contribution in [2.45, 2.75) is 52.9 Å². The van der Waals surface area contributed by atoms with Gasteiger partial charge in [0.25, 0.3) is 0 Å². The molecule has 1 atom stereocenters. The Kier molecular flexibility index (Phi) is 5.55. The Morgan fingerprint density at radius 1 is 1.39 bits per heavy atom. The van der Waals surface area contributed by atoms with E-state index in [2.05, 4.69) is 46.0 Å². The van der Waals surface area contributed by atoms with Crippen LogP contribution in [0, 0.1) is 12.8 Å². The summed E-state index contributed by atoms with van der Waals surface area (Å²) in [6.45, 7) is 12.7. The fourth-order valence-electron chi connectivity index (χ4n) is 3.02. The molecule has 1 heterocycles. The molecule has 1 aliphatic rings. The molecule has 0 radical (unpaired) electrons. The number of amides is 2. The van der Waals surface area contributed by atoms with Gasteiger partial charge in [-0.3, -0.25) is 0 Å². The molecule has 1 fully saturated rings. The van der Waals surface area contributed by atoms with Crippen LogP contribution < -0.4 is 10.1 Å². The summed E-state index contributed by atoms with van der Waals surface area (Å²) in [5, 5.41) is 2.88. The molecular formula is C19H30N2O2. The van der Waals surface area contributed by atoms with Crippen LogP contribution in [0.15, 0.2) is 18.2 Å². The highest BCUT2D eigenvalue weighted by atomic mass is 16.5. The van der Waals surface area contributed by atoms with Crippen LogP contribution in [0.25, 0.3) is 0 Å². The molecule has 0 aromatic heterocycles. The zero-order valence-corrected chi connectivity index (χ0v) is 15.1. The third-order valence-electron chi connectivity index (χ3n) is 4.34. The van der Waals surface area contributed by atoms with E-state index in [9.17, 15) is 4.79 Å². The van der Waals surface area contributed by atoms with Crippen molar-refractivity contribution in [3.63, 3.8) is 0 Å². The van der Waals surface area contributed by atoms with Crippen LogP contribution in [-0.4, -0.2) is 30.8 Å². The SMILES string of the molecule is Cc1ccc(OCNC(=O)N2CCCC(C)C2)c(C(C)(C)C)c1. The predicted molar refractivity (Wildman–Crippen MR) is 93.9 cm³/mol. The lowest BCUT2D eigenvalue weighted by atomic mass is 9.85. The fraction of sp³-hybridized carbons (Fsp3) is 0.632. The average molecular weight is 318 g/mol. The van der Waals surface area contributed by atoms with Gasteiger partial charge < -0.3 is 15.0 Å². The zero-order chi connectivity index (χ0) is 17.0. The molecule has 2 rings (SSSR count). The van der Waals surface area contributed by atoms with Crippen LogP contribution in [0.5, 0.6) is 5.75 Å². The largest absolute Gasteiger partial charge is 0.473 e. The molecule has 1 N–H and O–H groups in total. The van der Waals surface area contributed by atoms with Gasteiger partial charge in [0.2, 0.25) is 0 Å². The molecule has 1 aliphatic heterocycles. The van der Waals surface area contributed by atoms with Crippen molar-refractivity contribution >= 4 is 6.03 Å². The molecule has 0 spiro atoms. The number of nitrogens with one attached hydrogen (secondary N) is 1. The Balaban J connectivity index is 1.92. The van der Waals surface area contributed by atoms with Gasteiger partial charge in [-0.25, -0.2) is 4.79 Å². The third-order valence-corrected chi connectivity index (χ3v) is 4.34. The lowest BCUT2D eigenvalue weighted by Gasteiger charge is -2.31. The van der Waals surface area contributed by atoms with E-state index in [0.717, 1.165) is 25.3 Å². The Morgan fingerprint density at radius 2 is 2.13 bits per heavy atom. The predicted octanol–water partition coefficient (Wildman–Crippen LogP) is 4.07. The highest BCUT2D eigenvalue weighted by Crippen LogP contribution is 2.32. The van der Waals surface area contributed by atoms with Crippen LogP contribution in [0.2, 0.25) is 0 Å². The van der Waals surface area contributed by atoms with Crippen LogP contribution in [0.3, 0.4) is 0 Å². The second-order valence-corrected chi connectivity index (χ2v) is 7.71. The van der Waals surface area contributed by atoms with Gasteiger partial charge in [0.1, 0.15) is 5.75 Å². The smallest absolute Gasteiger partial charge is 0.320 e. The van der Waals surface area contributed by atoms with Gasteiger partial charge in [0.05, 0.1) is 0 Å². The van der Waals surface area contributed by atoms with Crippen molar-refractivity contribution in [1.29, 1.82) is 0 Å². The Morgan fingerprint density at radius 3 is 2.78 bits per heavy atom. The maximum atomic E-state index is 12.2. The first kappa shape index (κ1) is 17.6. The number of aryl methyl sites for hydroxylation is 1. The number of hydrogen-bond acceptors (Lipinski definition) is 2. The van der Waals surface area contributed by atoms with Crippen molar-refractivity contribution in [1.82, 2.24) is 10.2 Å². The second-order valence-electron chi connectivity index (χ2n) is 7.71. The summed E-state index contributed by atoms with van der Waals surface area (Å²) in [6, 6.07) is 6.16. The number of rotatable bonds is 3. The van der Waals surface area contributed by atoms with Crippen LogP contribution in [0.1, 0.15) is 51.7 Å². The number of benzene rings is 1. The lowest BCUT2D eigenvalue weighted by Crippen LogP contribution is -2.46. The standard InChI is InChI=1S/C19H30N2O2/c1-14-8-9-17(16(11-14)19(3,4)5)23-13-20-18(22)21-10-6-7-15(2)12-21/h8-9,11,15H,6-7,10,12-13H2,1-5H3,(H,20,22). The van der Waals surface area contributed by atoms with Crippen LogP contribution in [0.4, 0.5) is 4.79 Å². The van der Waals surface area contributed by atoms with Gasteiger partial charge in [-0.1, -0.05) is 45.4 Å². The number of carbonyl (C=O) groups is 1. The lowest BCUT2D eigenvalue weighted by molar-refractivity contribution is 0.159. The molecule has 4 heteroatoms. The number of likely N-dealkylation sites (tertiary alicyclic amines) is 1. The number of urea groups is 1. The van der Waals surface area contributed by atoms with E-state index in [1.165, 1.54) is 17.5 Å². The van der Waals surface area contributed by atoms with Gasteiger partial charge >= 0.3 is 6.03 Å². The van der Waals surface area contributed by atoms with E-state index >= 15 is 0 Å². The molecule has 1 unspecified atom stereocenters. The first-order valence-electron chi connectivity index (χ1n) is 8.54. The van der Waals surface area contributed by atoms with Gasteiger partial charge in [-0.15, -0.1) is 0 Å². The maximum absolute atomic E-state index is 12.2. The van der Waals surface area contributed by atoms with Crippen LogP contribution in [-0.2, 0) is 5.41 Å². The van der Waals surface area contributed by atoms with E-state index in [0.29, 0.717) is 5.92 Å². The van der Waals surface area contributed by atoms with Crippen molar-refractivity contribution in [2.24, 2.45) is 5.92 Å². The topological polar surface area (TPSA) is 41.6 Å². The van der Waals surface area contributed by atoms with E-state index in [1.807, 2.05) is 17.0 Å². The quantitative estimate of drug-likeness (QED) is 0.854. The van der Waals surface area contributed by atoms with Gasteiger partial charge in [0.15, 0.2) is 6.73 Å². The van der Waals surface area contributed by atoms with Gasteiger partial charge in [-0.05, 0) is 42.7 Å². The third kappa shape index (κ3) is 4.88. The van der Waals surface area contributed by atoms with Gasteiger partial charge in [0, 0.05) is 13.1 Å². The fourth-order valence-corrected chi connectivity index (χ4v) is 3.02. The minimum Gasteiger partial charge on any atom is -0.473 e. The molecule has 1 saturated heterocycles. The minimum absolute atomic E-state index is 0.00760. The number of nitrogens with zero attached hydrogens (tertiary/aromatic N) is 1. The summed E-state index contributed by atoms with van der Waals surface area (Å²) >= 11 is 0. The molecular weight excluding hydrogens is 288 g/mol. The molecule has 0 saturated carbocycles. The number of ether oxygens (including phenoxy) is 1. The second kappa shape index (κ2) is 7.24.